The number of rotatable bonds is 3. The number of benzene rings is 1. The van der Waals surface area contributed by atoms with Gasteiger partial charge in [-0.1, -0.05) is 37.3 Å². The van der Waals surface area contributed by atoms with Gasteiger partial charge >= 0.3 is 0 Å². The number of hydrogen-bond donors (Lipinski definition) is 3. The summed E-state index contributed by atoms with van der Waals surface area (Å²) in [4.78, 5) is 13.7. The molecule has 4 N–H and O–H groups in total. The van der Waals surface area contributed by atoms with E-state index in [2.05, 4.69) is 0 Å². The molecule has 0 radical (unpaired) electrons. The molecule has 0 bridgehead atoms. The molecule has 1 saturated heterocycles. The predicted octanol–water partition coefficient (Wildman–Crippen LogP) is -0.113. The number of likely N-dealkylation sites (tertiary alicyclic amines) is 1. The Bertz CT molecular complexity index is 428. The molecule has 1 heterocycles. The first kappa shape index (κ1) is 14.0. The third kappa shape index (κ3) is 2.94. The van der Waals surface area contributed by atoms with E-state index in [1.807, 2.05) is 30.3 Å². The van der Waals surface area contributed by atoms with Crippen molar-refractivity contribution in [1.82, 2.24) is 4.90 Å². The lowest BCUT2D eigenvalue weighted by Crippen LogP contribution is -2.38. The fourth-order valence-corrected chi connectivity index (χ4v) is 2.35. The van der Waals surface area contributed by atoms with Crippen LogP contribution in [0.1, 0.15) is 18.5 Å². The van der Waals surface area contributed by atoms with Gasteiger partial charge < -0.3 is 20.8 Å². The maximum atomic E-state index is 12.3. The number of carbonyl (C=O) groups excluding carboxylic acids is 1. The molecule has 1 aromatic rings. The molecular formula is C14H20N2O3. The van der Waals surface area contributed by atoms with E-state index >= 15 is 0 Å². The highest BCUT2D eigenvalue weighted by Crippen LogP contribution is 2.23. The quantitative estimate of drug-likeness (QED) is 0.711. The number of nitrogens with zero attached hydrogens (tertiary/aromatic N) is 1. The zero-order valence-corrected chi connectivity index (χ0v) is 10.9. The molecule has 2 rings (SSSR count). The van der Waals surface area contributed by atoms with Gasteiger partial charge in [-0.15, -0.1) is 0 Å². The standard InChI is InChI=1S/C14H20N2O3/c1-9(13(15)10-5-3-2-4-6-10)14(19)16-7-11(17)12(18)8-16/h2-6,9,11-13,17-18H,7-8,15H2,1H3/t9?,11-,12+,13?. The normalized spacial score (nSPS) is 26.2. The fraction of sp³-hybridized carbons (Fsp3) is 0.500. The third-order valence-electron chi connectivity index (χ3n) is 3.68. The largest absolute Gasteiger partial charge is 0.388 e. The summed E-state index contributed by atoms with van der Waals surface area (Å²) >= 11 is 0. The number of hydrogen-bond acceptors (Lipinski definition) is 4. The van der Waals surface area contributed by atoms with Crippen LogP contribution >= 0.6 is 0 Å². The summed E-state index contributed by atoms with van der Waals surface area (Å²) in [5, 5.41) is 19.0. The Kier molecular flexibility index (Phi) is 4.19. The first-order valence-corrected chi connectivity index (χ1v) is 6.46. The molecule has 4 atom stereocenters. The highest BCUT2D eigenvalue weighted by Gasteiger charge is 2.35. The van der Waals surface area contributed by atoms with Crippen LogP contribution in [-0.4, -0.2) is 46.3 Å². The lowest BCUT2D eigenvalue weighted by Gasteiger charge is -2.25. The van der Waals surface area contributed by atoms with E-state index in [1.54, 1.807) is 6.92 Å². The Hall–Kier alpha value is -1.43. The van der Waals surface area contributed by atoms with E-state index < -0.39 is 12.2 Å². The molecule has 5 nitrogen and oxygen atoms in total. The van der Waals surface area contributed by atoms with Crippen molar-refractivity contribution < 1.29 is 15.0 Å². The van der Waals surface area contributed by atoms with Gasteiger partial charge in [0.2, 0.25) is 5.91 Å². The van der Waals surface area contributed by atoms with Crippen LogP contribution in [0.2, 0.25) is 0 Å². The van der Waals surface area contributed by atoms with E-state index in [9.17, 15) is 15.0 Å². The first-order valence-electron chi connectivity index (χ1n) is 6.46. The molecule has 0 aromatic heterocycles. The molecule has 2 unspecified atom stereocenters. The van der Waals surface area contributed by atoms with Crippen molar-refractivity contribution in [2.75, 3.05) is 13.1 Å². The van der Waals surface area contributed by atoms with Crippen LogP contribution < -0.4 is 5.73 Å². The highest BCUT2D eigenvalue weighted by molar-refractivity contribution is 5.79. The van der Waals surface area contributed by atoms with Gasteiger partial charge in [0.25, 0.3) is 0 Å². The lowest BCUT2D eigenvalue weighted by molar-refractivity contribution is -0.135. The van der Waals surface area contributed by atoms with Gasteiger partial charge in [0.15, 0.2) is 0 Å². The lowest BCUT2D eigenvalue weighted by atomic mass is 9.94. The van der Waals surface area contributed by atoms with Crippen LogP contribution in [0.15, 0.2) is 30.3 Å². The van der Waals surface area contributed by atoms with Gasteiger partial charge in [-0.3, -0.25) is 4.79 Å². The number of β-amino-alcohol motifs (C(OH)–C–C–N with tert-alkyl or cyclic N) is 2. The number of aliphatic hydroxyl groups is 2. The zero-order valence-electron chi connectivity index (χ0n) is 10.9. The molecule has 0 saturated carbocycles. The smallest absolute Gasteiger partial charge is 0.227 e. The summed E-state index contributed by atoms with van der Waals surface area (Å²) < 4.78 is 0. The van der Waals surface area contributed by atoms with Crippen LogP contribution in [-0.2, 0) is 4.79 Å². The van der Waals surface area contributed by atoms with Crippen molar-refractivity contribution in [3.8, 4) is 0 Å². The number of carbonyl (C=O) groups is 1. The Morgan fingerprint density at radius 1 is 1.26 bits per heavy atom. The number of amides is 1. The van der Waals surface area contributed by atoms with Gasteiger partial charge in [-0.2, -0.15) is 0 Å². The van der Waals surface area contributed by atoms with Crippen LogP contribution in [0, 0.1) is 5.92 Å². The SMILES string of the molecule is CC(C(=O)N1C[C@@H](O)[C@@H](O)C1)C(N)c1ccccc1. The fourth-order valence-electron chi connectivity index (χ4n) is 2.35. The van der Waals surface area contributed by atoms with Gasteiger partial charge in [0.1, 0.15) is 0 Å². The van der Waals surface area contributed by atoms with E-state index in [1.165, 1.54) is 4.90 Å². The second-order valence-electron chi connectivity index (χ2n) is 5.10. The van der Waals surface area contributed by atoms with E-state index in [0.29, 0.717) is 0 Å². The van der Waals surface area contributed by atoms with Crippen molar-refractivity contribution in [1.29, 1.82) is 0 Å². The van der Waals surface area contributed by atoms with E-state index in [0.717, 1.165) is 5.56 Å². The van der Waals surface area contributed by atoms with Gasteiger partial charge in [0.05, 0.1) is 18.1 Å². The molecular weight excluding hydrogens is 244 g/mol. The molecule has 1 aliphatic heterocycles. The molecule has 1 aliphatic rings. The second kappa shape index (κ2) is 5.69. The summed E-state index contributed by atoms with van der Waals surface area (Å²) in [5.74, 6) is -0.521. The molecule has 19 heavy (non-hydrogen) atoms. The molecule has 1 amide bonds. The summed E-state index contributed by atoms with van der Waals surface area (Å²) in [7, 11) is 0. The van der Waals surface area contributed by atoms with Crippen molar-refractivity contribution in [2.24, 2.45) is 11.7 Å². The number of nitrogens with two attached hydrogens (primary N) is 1. The van der Waals surface area contributed by atoms with Crippen LogP contribution in [0.3, 0.4) is 0 Å². The van der Waals surface area contributed by atoms with E-state index in [4.69, 9.17) is 5.73 Å². The van der Waals surface area contributed by atoms with Crippen molar-refractivity contribution >= 4 is 5.91 Å². The minimum absolute atomic E-state index is 0.132. The van der Waals surface area contributed by atoms with Crippen LogP contribution in [0.4, 0.5) is 0 Å². The molecule has 0 spiro atoms. The topological polar surface area (TPSA) is 86.8 Å². The Morgan fingerprint density at radius 2 is 1.79 bits per heavy atom. The van der Waals surface area contributed by atoms with Crippen LogP contribution in [0.25, 0.3) is 0 Å². The minimum Gasteiger partial charge on any atom is -0.388 e. The average Bonchev–Trinajstić information content (AvgIpc) is 2.77. The van der Waals surface area contributed by atoms with Gasteiger partial charge in [-0.25, -0.2) is 0 Å². The molecule has 104 valence electrons. The minimum atomic E-state index is -0.857. The summed E-state index contributed by atoms with van der Waals surface area (Å²) in [6.07, 6.45) is -1.71. The maximum absolute atomic E-state index is 12.3. The highest BCUT2D eigenvalue weighted by atomic mass is 16.3. The van der Waals surface area contributed by atoms with Crippen molar-refractivity contribution in [2.45, 2.75) is 25.2 Å². The average molecular weight is 264 g/mol. The third-order valence-corrected chi connectivity index (χ3v) is 3.68. The number of aliphatic hydroxyl groups excluding tert-OH is 2. The Balaban J connectivity index is 2.03. The summed E-state index contributed by atoms with van der Waals surface area (Å²) in [6, 6.07) is 9.06. The van der Waals surface area contributed by atoms with Gasteiger partial charge in [-0.05, 0) is 5.56 Å². The molecule has 0 aliphatic carbocycles. The molecule has 1 aromatic carbocycles. The summed E-state index contributed by atoms with van der Waals surface area (Å²) in [5.41, 5.74) is 7.01. The Labute approximate surface area is 112 Å². The zero-order chi connectivity index (χ0) is 14.0. The van der Waals surface area contributed by atoms with Crippen molar-refractivity contribution in [3.63, 3.8) is 0 Å². The first-order chi connectivity index (χ1) is 9.00. The van der Waals surface area contributed by atoms with Crippen molar-refractivity contribution in [3.05, 3.63) is 35.9 Å². The van der Waals surface area contributed by atoms with E-state index in [-0.39, 0.29) is 31.0 Å². The Morgan fingerprint density at radius 3 is 2.32 bits per heavy atom. The molecule has 5 heteroatoms. The van der Waals surface area contributed by atoms with Gasteiger partial charge in [0, 0.05) is 19.1 Å². The molecule has 1 fully saturated rings. The van der Waals surface area contributed by atoms with Crippen LogP contribution in [0.5, 0.6) is 0 Å². The second-order valence-corrected chi connectivity index (χ2v) is 5.10. The summed E-state index contributed by atoms with van der Waals surface area (Å²) in [6.45, 7) is 2.12. The predicted molar refractivity (Wildman–Crippen MR) is 71.1 cm³/mol. The monoisotopic (exact) mass is 264 g/mol. The maximum Gasteiger partial charge on any atom is 0.227 e.